The molecule has 3 nitrogen and oxygen atoms in total. The molecular formula is C8H8N2OS. The van der Waals surface area contributed by atoms with E-state index in [9.17, 15) is 4.79 Å². The Morgan fingerprint density at radius 1 is 1.58 bits per heavy atom. The maximum absolute atomic E-state index is 11.3. The molecule has 1 N–H and O–H groups in total. The Hall–Kier alpha value is -1.16. The Morgan fingerprint density at radius 3 is 3.17 bits per heavy atom. The lowest BCUT2D eigenvalue weighted by Gasteiger charge is -1.97. The quantitative estimate of drug-likeness (QED) is 0.672. The average Bonchev–Trinajstić information content (AvgIpc) is 2.52. The molecule has 0 saturated heterocycles. The zero-order valence-corrected chi connectivity index (χ0v) is 7.39. The first-order valence-corrected chi connectivity index (χ1v) is 4.78. The Labute approximate surface area is 73.4 Å². The second kappa shape index (κ2) is 2.71. The molecule has 2 aromatic heterocycles. The number of H-pyrrole nitrogens is 1. The van der Waals surface area contributed by atoms with Crippen LogP contribution >= 0.6 is 11.8 Å². The van der Waals surface area contributed by atoms with Gasteiger partial charge >= 0.3 is 0 Å². The molecule has 0 spiro atoms. The van der Waals surface area contributed by atoms with Crippen molar-refractivity contribution in [1.82, 2.24) is 9.38 Å². The highest BCUT2D eigenvalue weighted by molar-refractivity contribution is 7.98. The van der Waals surface area contributed by atoms with Crippen LogP contribution in [0.1, 0.15) is 0 Å². The van der Waals surface area contributed by atoms with Crippen molar-refractivity contribution in [3.8, 4) is 0 Å². The molecule has 0 fully saturated rings. The molecule has 0 aliphatic rings. The predicted octanol–water partition coefficient (Wildman–Crippen LogP) is 1.35. The van der Waals surface area contributed by atoms with Gasteiger partial charge in [0.05, 0.1) is 5.03 Å². The monoisotopic (exact) mass is 180 g/mol. The molecule has 0 aromatic carbocycles. The SMILES string of the molecule is CSc1cn2cccc2c(=O)[nH]1. The number of hydrogen-bond acceptors (Lipinski definition) is 2. The topological polar surface area (TPSA) is 37.3 Å². The summed E-state index contributed by atoms with van der Waals surface area (Å²) in [5.41, 5.74) is 0.652. The standard InChI is InChI=1S/C8H8N2OS/c1-12-7-5-10-4-2-3-6(10)8(11)9-7/h2-5H,1H3,(H,9,11). The van der Waals surface area contributed by atoms with Gasteiger partial charge in [0, 0.05) is 12.4 Å². The summed E-state index contributed by atoms with van der Waals surface area (Å²) in [7, 11) is 0. The van der Waals surface area contributed by atoms with Crippen molar-refractivity contribution in [2.75, 3.05) is 6.26 Å². The third kappa shape index (κ3) is 1.04. The van der Waals surface area contributed by atoms with Crippen molar-refractivity contribution in [3.63, 3.8) is 0 Å². The highest BCUT2D eigenvalue weighted by Crippen LogP contribution is 2.09. The van der Waals surface area contributed by atoms with Gasteiger partial charge in [-0.3, -0.25) is 4.79 Å². The van der Waals surface area contributed by atoms with E-state index in [0.717, 1.165) is 5.03 Å². The summed E-state index contributed by atoms with van der Waals surface area (Å²) in [4.78, 5) is 14.1. The third-order valence-electron chi connectivity index (χ3n) is 1.72. The number of nitrogens with one attached hydrogen (secondary N) is 1. The van der Waals surface area contributed by atoms with E-state index in [1.165, 1.54) is 11.8 Å². The lowest BCUT2D eigenvalue weighted by Crippen LogP contribution is -2.09. The molecular weight excluding hydrogens is 172 g/mol. The first-order valence-electron chi connectivity index (χ1n) is 3.55. The number of nitrogens with zero attached hydrogens (tertiary/aromatic N) is 1. The number of fused-ring (bicyclic) bond motifs is 1. The van der Waals surface area contributed by atoms with Crippen LogP contribution in [-0.2, 0) is 0 Å². The molecule has 2 rings (SSSR count). The molecule has 0 bridgehead atoms. The highest BCUT2D eigenvalue weighted by atomic mass is 32.2. The fourth-order valence-corrected chi connectivity index (χ4v) is 1.55. The molecule has 0 atom stereocenters. The van der Waals surface area contributed by atoms with Gasteiger partial charge in [0.2, 0.25) is 0 Å². The van der Waals surface area contributed by atoms with Crippen molar-refractivity contribution in [1.29, 1.82) is 0 Å². The van der Waals surface area contributed by atoms with Gasteiger partial charge in [0.1, 0.15) is 5.52 Å². The normalized spacial score (nSPS) is 10.8. The molecule has 0 radical (unpaired) electrons. The first kappa shape index (κ1) is 7.49. The van der Waals surface area contributed by atoms with Gasteiger partial charge in [0.15, 0.2) is 0 Å². The van der Waals surface area contributed by atoms with Crippen LogP contribution in [-0.4, -0.2) is 15.6 Å². The van der Waals surface area contributed by atoms with Crippen molar-refractivity contribution in [3.05, 3.63) is 34.9 Å². The zero-order chi connectivity index (χ0) is 8.55. The van der Waals surface area contributed by atoms with Crippen LogP contribution in [0.5, 0.6) is 0 Å². The summed E-state index contributed by atoms with van der Waals surface area (Å²) in [6.45, 7) is 0. The van der Waals surface area contributed by atoms with Crippen LogP contribution in [0.2, 0.25) is 0 Å². The van der Waals surface area contributed by atoms with Gasteiger partial charge in [-0.2, -0.15) is 0 Å². The zero-order valence-electron chi connectivity index (χ0n) is 6.57. The van der Waals surface area contributed by atoms with E-state index in [2.05, 4.69) is 4.98 Å². The summed E-state index contributed by atoms with van der Waals surface area (Å²) in [5.74, 6) is 0. The van der Waals surface area contributed by atoms with E-state index in [1.807, 2.05) is 29.1 Å². The summed E-state index contributed by atoms with van der Waals surface area (Å²) >= 11 is 1.52. The molecule has 4 heteroatoms. The molecule has 0 amide bonds. The van der Waals surface area contributed by atoms with E-state index in [1.54, 1.807) is 6.07 Å². The van der Waals surface area contributed by atoms with E-state index < -0.39 is 0 Å². The van der Waals surface area contributed by atoms with Gasteiger partial charge < -0.3 is 9.38 Å². The van der Waals surface area contributed by atoms with Gasteiger partial charge in [-0.05, 0) is 18.4 Å². The maximum Gasteiger partial charge on any atom is 0.273 e. The largest absolute Gasteiger partial charge is 0.317 e. The lowest BCUT2D eigenvalue weighted by atomic mass is 10.5. The fourth-order valence-electron chi connectivity index (χ4n) is 1.14. The van der Waals surface area contributed by atoms with Gasteiger partial charge in [0.25, 0.3) is 5.56 Å². The fraction of sp³-hybridized carbons (Fsp3) is 0.125. The van der Waals surface area contributed by atoms with Gasteiger partial charge in [-0.15, -0.1) is 11.8 Å². The summed E-state index contributed by atoms with van der Waals surface area (Å²) in [6, 6.07) is 3.65. The molecule has 12 heavy (non-hydrogen) atoms. The first-order chi connectivity index (χ1) is 5.81. The number of thioether (sulfide) groups is 1. The minimum Gasteiger partial charge on any atom is -0.317 e. The summed E-state index contributed by atoms with van der Waals surface area (Å²) in [5, 5.41) is 0.878. The number of rotatable bonds is 1. The van der Waals surface area contributed by atoms with Crippen LogP contribution in [0, 0.1) is 0 Å². The second-order valence-electron chi connectivity index (χ2n) is 2.45. The van der Waals surface area contributed by atoms with E-state index in [0.29, 0.717) is 5.52 Å². The summed E-state index contributed by atoms with van der Waals surface area (Å²) in [6.07, 6.45) is 5.70. The van der Waals surface area contributed by atoms with Crippen molar-refractivity contribution in [2.24, 2.45) is 0 Å². The van der Waals surface area contributed by atoms with Crippen molar-refractivity contribution < 1.29 is 0 Å². The maximum atomic E-state index is 11.3. The number of aromatic amines is 1. The molecule has 2 heterocycles. The number of aromatic nitrogens is 2. The average molecular weight is 180 g/mol. The highest BCUT2D eigenvalue weighted by Gasteiger charge is 1.98. The Balaban J connectivity index is 2.84. The van der Waals surface area contributed by atoms with Crippen molar-refractivity contribution in [2.45, 2.75) is 5.03 Å². The Morgan fingerprint density at radius 2 is 2.42 bits per heavy atom. The number of hydrogen-bond donors (Lipinski definition) is 1. The molecule has 0 aliphatic heterocycles. The van der Waals surface area contributed by atoms with Gasteiger partial charge in [-0.25, -0.2) is 0 Å². The van der Waals surface area contributed by atoms with Gasteiger partial charge in [-0.1, -0.05) is 0 Å². The summed E-state index contributed by atoms with van der Waals surface area (Å²) < 4.78 is 1.82. The second-order valence-corrected chi connectivity index (χ2v) is 3.30. The molecule has 0 saturated carbocycles. The Bertz CT molecular complexity index is 457. The predicted molar refractivity (Wildman–Crippen MR) is 49.8 cm³/mol. The van der Waals surface area contributed by atoms with Crippen LogP contribution in [0.3, 0.4) is 0 Å². The minimum atomic E-state index is -0.0353. The van der Waals surface area contributed by atoms with Crippen LogP contribution in [0.25, 0.3) is 5.52 Å². The van der Waals surface area contributed by atoms with Crippen LogP contribution < -0.4 is 5.56 Å². The minimum absolute atomic E-state index is 0.0353. The van der Waals surface area contributed by atoms with E-state index in [4.69, 9.17) is 0 Å². The molecule has 62 valence electrons. The van der Waals surface area contributed by atoms with E-state index >= 15 is 0 Å². The van der Waals surface area contributed by atoms with E-state index in [-0.39, 0.29) is 5.56 Å². The molecule has 2 aromatic rings. The lowest BCUT2D eigenvalue weighted by molar-refractivity contribution is 0.996. The van der Waals surface area contributed by atoms with Crippen LogP contribution in [0.15, 0.2) is 34.3 Å². The third-order valence-corrected chi connectivity index (χ3v) is 2.37. The molecule has 0 aliphatic carbocycles. The molecule has 0 unspecified atom stereocenters. The van der Waals surface area contributed by atoms with Crippen molar-refractivity contribution >= 4 is 17.3 Å². The smallest absolute Gasteiger partial charge is 0.273 e. The Kier molecular flexibility index (Phi) is 1.69. The van der Waals surface area contributed by atoms with Crippen LogP contribution in [0.4, 0.5) is 0 Å².